The standard InChI is InChI=1S/C15H24N4O2S.HI/c1-3-16-15(17-9-10-18-22(2,20)21)19-11-8-13-6-4-5-7-14(13)12-19;/h4-7,18H,3,8-12H2,1-2H3,(H,16,17);1H. The summed E-state index contributed by atoms with van der Waals surface area (Å²) in [6.45, 7) is 5.31. The van der Waals surface area contributed by atoms with Crippen LogP contribution >= 0.6 is 24.0 Å². The molecule has 0 spiro atoms. The summed E-state index contributed by atoms with van der Waals surface area (Å²) in [4.78, 5) is 6.73. The lowest BCUT2D eigenvalue weighted by Crippen LogP contribution is -2.44. The topological polar surface area (TPSA) is 73.8 Å². The van der Waals surface area contributed by atoms with E-state index in [1.54, 1.807) is 0 Å². The minimum Gasteiger partial charge on any atom is -0.357 e. The van der Waals surface area contributed by atoms with Gasteiger partial charge in [0.2, 0.25) is 10.0 Å². The predicted octanol–water partition coefficient (Wildman–Crippen LogP) is 1.18. The molecule has 2 N–H and O–H groups in total. The molecule has 0 bridgehead atoms. The van der Waals surface area contributed by atoms with E-state index >= 15 is 0 Å². The molecule has 0 aliphatic carbocycles. The van der Waals surface area contributed by atoms with Crippen LogP contribution in [0.4, 0.5) is 0 Å². The quantitative estimate of drug-likeness (QED) is 0.305. The van der Waals surface area contributed by atoms with E-state index in [1.165, 1.54) is 11.1 Å². The van der Waals surface area contributed by atoms with Gasteiger partial charge in [0.05, 0.1) is 12.8 Å². The summed E-state index contributed by atoms with van der Waals surface area (Å²) in [5.74, 6) is 0.840. The molecule has 1 aromatic rings. The molecule has 2 rings (SSSR count). The van der Waals surface area contributed by atoms with E-state index in [1.807, 2.05) is 6.92 Å². The van der Waals surface area contributed by atoms with Crippen LogP contribution in [0.25, 0.3) is 0 Å². The lowest BCUT2D eigenvalue weighted by Gasteiger charge is -2.31. The Kier molecular flexibility index (Phi) is 8.27. The highest BCUT2D eigenvalue weighted by atomic mass is 127. The fourth-order valence-corrected chi connectivity index (χ4v) is 2.96. The van der Waals surface area contributed by atoms with Gasteiger partial charge in [0, 0.05) is 26.2 Å². The molecule has 1 aromatic carbocycles. The van der Waals surface area contributed by atoms with Crippen LogP contribution < -0.4 is 10.0 Å². The fourth-order valence-electron chi connectivity index (χ4n) is 2.50. The first-order valence-corrected chi connectivity index (χ1v) is 9.43. The Morgan fingerprint density at radius 1 is 1.30 bits per heavy atom. The van der Waals surface area contributed by atoms with Crippen molar-refractivity contribution in [1.82, 2.24) is 14.9 Å². The Labute approximate surface area is 155 Å². The molecule has 1 aliphatic heterocycles. The van der Waals surface area contributed by atoms with Crippen molar-refractivity contribution in [3.8, 4) is 0 Å². The van der Waals surface area contributed by atoms with Crippen molar-refractivity contribution >= 4 is 40.0 Å². The summed E-state index contributed by atoms with van der Waals surface area (Å²) >= 11 is 0. The average Bonchev–Trinajstić information content (AvgIpc) is 2.49. The number of fused-ring (bicyclic) bond motifs is 1. The Hall–Kier alpha value is -0.870. The third-order valence-corrected chi connectivity index (χ3v) is 4.23. The van der Waals surface area contributed by atoms with E-state index in [0.29, 0.717) is 13.1 Å². The van der Waals surface area contributed by atoms with Gasteiger partial charge in [0.25, 0.3) is 0 Å². The average molecular weight is 452 g/mol. The molecule has 8 heteroatoms. The van der Waals surface area contributed by atoms with Crippen molar-refractivity contribution < 1.29 is 8.42 Å². The normalized spacial score (nSPS) is 14.9. The van der Waals surface area contributed by atoms with Gasteiger partial charge >= 0.3 is 0 Å². The molecule has 0 atom stereocenters. The van der Waals surface area contributed by atoms with Crippen LogP contribution in [0.2, 0.25) is 0 Å². The molecule has 0 unspecified atom stereocenters. The zero-order valence-electron chi connectivity index (χ0n) is 13.6. The number of nitrogens with one attached hydrogen (secondary N) is 2. The van der Waals surface area contributed by atoms with Gasteiger partial charge in [0.15, 0.2) is 5.96 Å². The maximum absolute atomic E-state index is 11.1. The highest BCUT2D eigenvalue weighted by molar-refractivity contribution is 14.0. The van der Waals surface area contributed by atoms with Crippen LogP contribution in [0.1, 0.15) is 18.1 Å². The summed E-state index contributed by atoms with van der Waals surface area (Å²) in [7, 11) is -3.15. The van der Waals surface area contributed by atoms with Crippen LogP contribution in [0.3, 0.4) is 0 Å². The van der Waals surface area contributed by atoms with E-state index in [-0.39, 0.29) is 24.0 Å². The lowest BCUT2D eigenvalue weighted by atomic mass is 10.0. The first kappa shape index (κ1) is 20.2. The third-order valence-electron chi connectivity index (χ3n) is 3.50. The summed E-state index contributed by atoms with van der Waals surface area (Å²) in [6, 6.07) is 8.45. The number of halogens is 1. The van der Waals surface area contributed by atoms with Crippen molar-refractivity contribution in [3.05, 3.63) is 35.4 Å². The molecule has 0 fully saturated rings. The molecule has 6 nitrogen and oxygen atoms in total. The van der Waals surface area contributed by atoms with Crippen molar-refractivity contribution in [2.75, 3.05) is 32.4 Å². The van der Waals surface area contributed by atoms with Gasteiger partial charge in [-0.2, -0.15) is 0 Å². The van der Waals surface area contributed by atoms with E-state index in [2.05, 4.69) is 44.2 Å². The minimum absolute atomic E-state index is 0. The highest BCUT2D eigenvalue weighted by Gasteiger charge is 2.18. The summed E-state index contributed by atoms with van der Waals surface area (Å²) in [5, 5.41) is 3.28. The number of hydrogen-bond donors (Lipinski definition) is 2. The second-order valence-electron chi connectivity index (χ2n) is 5.34. The van der Waals surface area contributed by atoms with E-state index in [9.17, 15) is 8.42 Å². The number of nitrogens with zero attached hydrogens (tertiary/aromatic N) is 2. The lowest BCUT2D eigenvalue weighted by molar-refractivity contribution is 0.379. The molecule has 0 radical (unpaired) electrons. The molecular formula is C15H25IN4O2S. The Morgan fingerprint density at radius 2 is 2.00 bits per heavy atom. The molecule has 0 amide bonds. The SMILES string of the molecule is CCNC(=NCCNS(C)(=O)=O)N1CCc2ccccc2C1.I. The smallest absolute Gasteiger partial charge is 0.208 e. The van der Waals surface area contributed by atoms with Gasteiger partial charge in [-0.05, 0) is 24.5 Å². The van der Waals surface area contributed by atoms with Crippen LogP contribution in [0.15, 0.2) is 29.3 Å². The van der Waals surface area contributed by atoms with Crippen LogP contribution in [0.5, 0.6) is 0 Å². The zero-order valence-corrected chi connectivity index (χ0v) is 16.7. The minimum atomic E-state index is -3.15. The number of guanidine groups is 1. The molecule has 0 saturated carbocycles. The van der Waals surface area contributed by atoms with Crippen molar-refractivity contribution in [2.24, 2.45) is 4.99 Å². The van der Waals surface area contributed by atoms with Gasteiger partial charge < -0.3 is 10.2 Å². The second-order valence-corrected chi connectivity index (χ2v) is 7.18. The van der Waals surface area contributed by atoms with Crippen LogP contribution in [-0.2, 0) is 23.0 Å². The Bertz CT molecular complexity index is 634. The van der Waals surface area contributed by atoms with Gasteiger partial charge in [-0.1, -0.05) is 24.3 Å². The maximum Gasteiger partial charge on any atom is 0.208 e. The van der Waals surface area contributed by atoms with Gasteiger partial charge in [0.1, 0.15) is 0 Å². The molecule has 23 heavy (non-hydrogen) atoms. The molecule has 130 valence electrons. The molecular weight excluding hydrogens is 427 g/mol. The summed E-state index contributed by atoms with van der Waals surface area (Å²) in [5.41, 5.74) is 2.72. The van der Waals surface area contributed by atoms with Gasteiger partial charge in [-0.3, -0.25) is 4.99 Å². The summed E-state index contributed by atoms with van der Waals surface area (Å²) < 4.78 is 24.6. The van der Waals surface area contributed by atoms with E-state index in [4.69, 9.17) is 0 Å². The molecule has 0 aromatic heterocycles. The van der Waals surface area contributed by atoms with Crippen molar-refractivity contribution in [1.29, 1.82) is 0 Å². The number of rotatable bonds is 5. The first-order valence-electron chi connectivity index (χ1n) is 7.54. The Balaban J connectivity index is 0.00000264. The zero-order chi connectivity index (χ0) is 16.0. The van der Waals surface area contributed by atoms with E-state index < -0.39 is 10.0 Å². The monoisotopic (exact) mass is 452 g/mol. The second kappa shape index (κ2) is 9.43. The number of benzene rings is 1. The summed E-state index contributed by atoms with van der Waals surface area (Å²) in [6.07, 6.45) is 2.16. The largest absolute Gasteiger partial charge is 0.357 e. The van der Waals surface area contributed by atoms with Gasteiger partial charge in [-0.15, -0.1) is 24.0 Å². The number of hydrogen-bond acceptors (Lipinski definition) is 3. The van der Waals surface area contributed by atoms with Crippen molar-refractivity contribution in [3.63, 3.8) is 0 Å². The Morgan fingerprint density at radius 3 is 2.65 bits per heavy atom. The predicted molar refractivity (Wildman–Crippen MR) is 105 cm³/mol. The molecule has 0 saturated heterocycles. The molecule has 1 heterocycles. The van der Waals surface area contributed by atoms with Gasteiger partial charge in [-0.25, -0.2) is 13.1 Å². The molecule has 1 aliphatic rings. The maximum atomic E-state index is 11.1. The van der Waals surface area contributed by atoms with Crippen LogP contribution in [0, 0.1) is 0 Å². The third kappa shape index (κ3) is 6.64. The number of sulfonamides is 1. The van der Waals surface area contributed by atoms with E-state index in [0.717, 1.165) is 38.3 Å². The van der Waals surface area contributed by atoms with Crippen LogP contribution in [-0.4, -0.2) is 51.7 Å². The van der Waals surface area contributed by atoms with Crippen molar-refractivity contribution in [2.45, 2.75) is 19.9 Å². The highest BCUT2D eigenvalue weighted by Crippen LogP contribution is 2.18. The number of aliphatic imine (C=N–C) groups is 1. The first-order chi connectivity index (χ1) is 10.5. The fraction of sp³-hybridized carbons (Fsp3) is 0.533.